The Morgan fingerprint density at radius 1 is 1.53 bits per heavy atom. The van der Waals surface area contributed by atoms with E-state index in [9.17, 15) is 0 Å². The molecule has 1 aromatic heterocycles. The molecule has 0 radical (unpaired) electrons. The van der Waals surface area contributed by atoms with Gasteiger partial charge in [-0.05, 0) is 25.8 Å². The lowest BCUT2D eigenvalue weighted by Gasteiger charge is -2.25. The van der Waals surface area contributed by atoms with Crippen LogP contribution in [0.15, 0.2) is 12.4 Å². The monoisotopic (exact) mass is 265 g/mol. The van der Waals surface area contributed by atoms with E-state index in [1.165, 1.54) is 12.8 Å². The summed E-state index contributed by atoms with van der Waals surface area (Å²) >= 11 is 0. The Kier molecular flexibility index (Phi) is 5.35. The van der Waals surface area contributed by atoms with E-state index in [1.54, 1.807) is 13.4 Å². The third-order valence-electron chi connectivity index (χ3n) is 3.44. The molecule has 0 amide bonds. The van der Waals surface area contributed by atoms with Crippen LogP contribution in [-0.4, -0.2) is 49.4 Å². The van der Waals surface area contributed by atoms with Crippen LogP contribution < -0.4 is 16.0 Å². The van der Waals surface area contributed by atoms with Gasteiger partial charge in [0.2, 0.25) is 0 Å². The molecule has 0 spiro atoms. The van der Waals surface area contributed by atoms with E-state index in [-0.39, 0.29) is 0 Å². The van der Waals surface area contributed by atoms with Gasteiger partial charge in [-0.15, -0.1) is 0 Å². The van der Waals surface area contributed by atoms with Gasteiger partial charge in [0.1, 0.15) is 18.0 Å². The number of nitrogens with zero attached hydrogens (tertiary/aromatic N) is 3. The predicted octanol–water partition coefficient (Wildman–Crippen LogP) is 0.853. The average molecular weight is 265 g/mol. The molecule has 3 N–H and O–H groups in total. The molecular formula is C13H23N5O. The quantitative estimate of drug-likeness (QED) is 0.712. The van der Waals surface area contributed by atoms with Crippen LogP contribution in [0, 0.1) is 0 Å². The minimum absolute atomic E-state index is 0.520. The minimum Gasteiger partial charge on any atom is -0.383 e. The number of methoxy groups -OCH3 is 1. The zero-order valence-corrected chi connectivity index (χ0v) is 11.5. The lowest BCUT2D eigenvalue weighted by molar-refractivity contribution is 0.210. The van der Waals surface area contributed by atoms with Crippen LogP contribution in [0.4, 0.5) is 11.6 Å². The second-order valence-electron chi connectivity index (χ2n) is 4.75. The molecule has 0 bridgehead atoms. The Bertz CT molecular complexity index is 387. The molecule has 0 saturated carbocycles. The molecule has 1 saturated heterocycles. The Morgan fingerprint density at radius 2 is 2.42 bits per heavy atom. The molecule has 19 heavy (non-hydrogen) atoms. The highest BCUT2D eigenvalue weighted by molar-refractivity contribution is 5.49. The highest BCUT2D eigenvalue weighted by atomic mass is 16.5. The molecule has 1 aromatic rings. The number of ether oxygens (including phenoxy) is 1. The third kappa shape index (κ3) is 3.78. The molecule has 0 aliphatic carbocycles. The summed E-state index contributed by atoms with van der Waals surface area (Å²) in [6, 6.07) is 2.52. The molecule has 1 atom stereocenters. The zero-order chi connectivity index (χ0) is 13.5. The van der Waals surface area contributed by atoms with Gasteiger partial charge in [0.25, 0.3) is 0 Å². The van der Waals surface area contributed by atoms with E-state index < -0.39 is 0 Å². The lowest BCUT2D eigenvalue weighted by atomic mass is 10.1. The number of rotatable bonds is 7. The molecule has 2 rings (SSSR count). The molecule has 0 aromatic carbocycles. The summed E-state index contributed by atoms with van der Waals surface area (Å²) in [6.07, 6.45) is 5.05. The van der Waals surface area contributed by atoms with Gasteiger partial charge in [-0.1, -0.05) is 0 Å². The van der Waals surface area contributed by atoms with Crippen LogP contribution in [0.5, 0.6) is 0 Å². The smallest absolute Gasteiger partial charge is 0.134 e. The average Bonchev–Trinajstić information content (AvgIpc) is 2.88. The fourth-order valence-electron chi connectivity index (χ4n) is 2.51. The van der Waals surface area contributed by atoms with Crippen LogP contribution in [0.25, 0.3) is 0 Å². The van der Waals surface area contributed by atoms with Crippen molar-refractivity contribution in [3.8, 4) is 0 Å². The molecule has 6 heteroatoms. The second kappa shape index (κ2) is 7.25. The summed E-state index contributed by atoms with van der Waals surface area (Å²) in [7, 11) is 1.69. The van der Waals surface area contributed by atoms with Crippen molar-refractivity contribution in [2.24, 2.45) is 5.73 Å². The summed E-state index contributed by atoms with van der Waals surface area (Å²) in [5, 5.41) is 3.23. The maximum absolute atomic E-state index is 5.67. The molecule has 1 aliphatic heterocycles. The SMILES string of the molecule is COCCNc1cc(N2CCCC2CCN)ncn1. The number of hydrogen-bond donors (Lipinski definition) is 2. The van der Waals surface area contributed by atoms with E-state index in [0.717, 1.165) is 37.7 Å². The maximum Gasteiger partial charge on any atom is 0.134 e. The first-order valence-electron chi connectivity index (χ1n) is 6.86. The first-order valence-corrected chi connectivity index (χ1v) is 6.86. The molecule has 106 valence electrons. The summed E-state index contributed by atoms with van der Waals surface area (Å²) in [6.45, 7) is 3.20. The molecule has 6 nitrogen and oxygen atoms in total. The van der Waals surface area contributed by atoms with Crippen molar-refractivity contribution in [1.82, 2.24) is 9.97 Å². The number of aromatic nitrogens is 2. The Labute approximate surface area is 114 Å². The van der Waals surface area contributed by atoms with Crippen molar-refractivity contribution in [2.45, 2.75) is 25.3 Å². The Morgan fingerprint density at radius 3 is 3.21 bits per heavy atom. The zero-order valence-electron chi connectivity index (χ0n) is 11.5. The Hall–Kier alpha value is -1.40. The van der Waals surface area contributed by atoms with E-state index in [2.05, 4.69) is 20.2 Å². The first-order chi connectivity index (χ1) is 9.35. The predicted molar refractivity (Wildman–Crippen MR) is 76.4 cm³/mol. The molecule has 1 unspecified atom stereocenters. The van der Waals surface area contributed by atoms with Crippen LogP contribution in [0.2, 0.25) is 0 Å². The largest absolute Gasteiger partial charge is 0.383 e. The number of nitrogens with one attached hydrogen (secondary N) is 1. The van der Waals surface area contributed by atoms with Crippen molar-refractivity contribution < 1.29 is 4.74 Å². The van der Waals surface area contributed by atoms with Crippen LogP contribution in [0.3, 0.4) is 0 Å². The topological polar surface area (TPSA) is 76.3 Å². The van der Waals surface area contributed by atoms with E-state index in [4.69, 9.17) is 10.5 Å². The van der Waals surface area contributed by atoms with Gasteiger partial charge in [-0.2, -0.15) is 0 Å². The third-order valence-corrected chi connectivity index (χ3v) is 3.44. The van der Waals surface area contributed by atoms with Crippen molar-refractivity contribution in [3.05, 3.63) is 12.4 Å². The maximum atomic E-state index is 5.67. The van der Waals surface area contributed by atoms with E-state index >= 15 is 0 Å². The van der Waals surface area contributed by atoms with Gasteiger partial charge < -0.3 is 20.7 Å². The molecule has 1 aliphatic rings. The van der Waals surface area contributed by atoms with Crippen molar-refractivity contribution >= 4 is 11.6 Å². The summed E-state index contributed by atoms with van der Waals surface area (Å²) < 4.78 is 5.01. The van der Waals surface area contributed by atoms with Gasteiger partial charge in [0.15, 0.2) is 0 Å². The van der Waals surface area contributed by atoms with Crippen molar-refractivity contribution in [2.75, 3.05) is 43.6 Å². The van der Waals surface area contributed by atoms with Gasteiger partial charge in [-0.3, -0.25) is 0 Å². The normalized spacial score (nSPS) is 18.8. The summed E-state index contributed by atoms with van der Waals surface area (Å²) in [5.74, 6) is 1.84. The fraction of sp³-hybridized carbons (Fsp3) is 0.692. The molecular weight excluding hydrogens is 242 g/mol. The number of anilines is 2. The standard InChI is InChI=1S/C13H23N5O/c1-19-8-6-15-12-9-13(17-10-16-12)18-7-2-3-11(18)4-5-14/h9-11H,2-8,14H2,1H3,(H,15,16,17). The minimum atomic E-state index is 0.520. The first kappa shape index (κ1) is 14.0. The van der Waals surface area contributed by atoms with Crippen LogP contribution >= 0.6 is 0 Å². The van der Waals surface area contributed by atoms with Crippen molar-refractivity contribution in [3.63, 3.8) is 0 Å². The van der Waals surface area contributed by atoms with Gasteiger partial charge in [0.05, 0.1) is 6.61 Å². The number of hydrogen-bond acceptors (Lipinski definition) is 6. The Balaban J connectivity index is 2.01. The summed E-state index contributed by atoms with van der Waals surface area (Å²) in [4.78, 5) is 11.0. The lowest BCUT2D eigenvalue weighted by Crippen LogP contribution is -2.31. The molecule has 1 fully saturated rings. The summed E-state index contributed by atoms with van der Waals surface area (Å²) in [5.41, 5.74) is 5.67. The van der Waals surface area contributed by atoms with Gasteiger partial charge in [0, 0.05) is 32.3 Å². The fourth-order valence-corrected chi connectivity index (χ4v) is 2.51. The second-order valence-corrected chi connectivity index (χ2v) is 4.75. The molecule has 2 heterocycles. The highest BCUT2D eigenvalue weighted by Crippen LogP contribution is 2.26. The van der Waals surface area contributed by atoms with Crippen molar-refractivity contribution in [1.29, 1.82) is 0 Å². The number of nitrogens with two attached hydrogens (primary N) is 1. The van der Waals surface area contributed by atoms with Gasteiger partial charge in [-0.25, -0.2) is 9.97 Å². The van der Waals surface area contributed by atoms with E-state index in [0.29, 0.717) is 12.6 Å². The van der Waals surface area contributed by atoms with E-state index in [1.807, 2.05) is 6.07 Å². The van der Waals surface area contributed by atoms with Crippen LogP contribution in [-0.2, 0) is 4.74 Å². The van der Waals surface area contributed by atoms with Crippen LogP contribution in [0.1, 0.15) is 19.3 Å². The van der Waals surface area contributed by atoms with Gasteiger partial charge >= 0.3 is 0 Å². The highest BCUT2D eigenvalue weighted by Gasteiger charge is 2.25.